The first-order valence-electron chi connectivity index (χ1n) is 4.87. The van der Waals surface area contributed by atoms with Crippen LogP contribution >= 0.6 is 0 Å². The van der Waals surface area contributed by atoms with Crippen molar-refractivity contribution in [2.45, 2.75) is 26.7 Å². The van der Waals surface area contributed by atoms with Gasteiger partial charge in [0.1, 0.15) is 0 Å². The number of hydrogen-bond acceptors (Lipinski definition) is 1. The third-order valence-electron chi connectivity index (χ3n) is 4.23. The molecule has 0 heterocycles. The van der Waals surface area contributed by atoms with Gasteiger partial charge in [-0.1, -0.05) is 26.0 Å². The molecule has 1 N–H and O–H groups in total. The van der Waals surface area contributed by atoms with E-state index in [1.54, 1.807) is 0 Å². The van der Waals surface area contributed by atoms with Gasteiger partial charge in [0.15, 0.2) is 0 Å². The molecule has 0 amide bonds. The summed E-state index contributed by atoms with van der Waals surface area (Å²) in [6, 6.07) is 0. The van der Waals surface area contributed by atoms with E-state index < -0.39 is 0 Å². The van der Waals surface area contributed by atoms with Crippen molar-refractivity contribution in [1.29, 1.82) is 0 Å². The van der Waals surface area contributed by atoms with Gasteiger partial charge in [-0.15, -0.1) is 0 Å². The average Bonchev–Trinajstić information content (AvgIpc) is 2.03. The quantitative estimate of drug-likeness (QED) is 0.592. The van der Waals surface area contributed by atoms with Crippen molar-refractivity contribution in [1.82, 2.24) is 0 Å². The van der Waals surface area contributed by atoms with Crippen LogP contribution in [0.15, 0.2) is 12.2 Å². The van der Waals surface area contributed by atoms with Crippen molar-refractivity contribution < 1.29 is 5.11 Å². The van der Waals surface area contributed by atoms with E-state index in [1.165, 1.54) is 18.4 Å². The Balaban J connectivity index is 2.17. The third kappa shape index (κ3) is 0.832. The highest BCUT2D eigenvalue weighted by atomic mass is 16.3. The van der Waals surface area contributed by atoms with E-state index in [-0.39, 0.29) is 0 Å². The highest BCUT2D eigenvalue weighted by Gasteiger charge is 2.54. The molecule has 1 heteroatoms. The van der Waals surface area contributed by atoms with E-state index in [9.17, 15) is 0 Å². The third-order valence-corrected chi connectivity index (χ3v) is 4.23. The summed E-state index contributed by atoms with van der Waals surface area (Å²) >= 11 is 0. The summed E-state index contributed by atoms with van der Waals surface area (Å²) in [6.07, 6.45) is 2.49. The molecule has 3 fully saturated rings. The molecule has 0 aromatic carbocycles. The summed E-state index contributed by atoms with van der Waals surface area (Å²) in [6.45, 7) is 9.10. The summed E-state index contributed by atoms with van der Waals surface area (Å²) in [5.41, 5.74) is 1.79. The summed E-state index contributed by atoms with van der Waals surface area (Å²) in [5, 5.41) is 9.11. The molecule has 0 aromatic rings. The maximum absolute atomic E-state index is 9.11. The normalized spacial score (nSPS) is 43.9. The molecule has 3 unspecified atom stereocenters. The fourth-order valence-corrected chi connectivity index (χ4v) is 3.02. The fourth-order valence-electron chi connectivity index (χ4n) is 3.02. The lowest BCUT2D eigenvalue weighted by Gasteiger charge is -2.59. The van der Waals surface area contributed by atoms with Gasteiger partial charge in [-0.25, -0.2) is 0 Å². The standard InChI is InChI=1S/C11H18O/c1-7-8(6-12)4-9-5-10(7)11(9,2)3/h8-10,12H,1,4-6H2,2-3H3. The Labute approximate surface area is 74.5 Å². The SMILES string of the molecule is C=C1C(CO)CC2CC1C2(C)C. The maximum Gasteiger partial charge on any atom is 0.0496 e. The molecular weight excluding hydrogens is 148 g/mol. The van der Waals surface area contributed by atoms with Crippen molar-refractivity contribution in [2.75, 3.05) is 6.61 Å². The van der Waals surface area contributed by atoms with Crippen LogP contribution in [0, 0.1) is 23.2 Å². The number of aliphatic hydroxyl groups excluding tert-OH is 1. The Hall–Kier alpha value is -0.300. The molecule has 0 spiro atoms. The molecule has 3 rings (SSSR count). The maximum atomic E-state index is 9.11. The lowest BCUT2D eigenvalue weighted by atomic mass is 9.45. The van der Waals surface area contributed by atoms with Gasteiger partial charge in [0, 0.05) is 12.5 Å². The van der Waals surface area contributed by atoms with Crippen molar-refractivity contribution in [3.8, 4) is 0 Å². The first-order valence-corrected chi connectivity index (χ1v) is 4.87. The molecule has 2 bridgehead atoms. The van der Waals surface area contributed by atoms with Crippen LogP contribution in [0.25, 0.3) is 0 Å². The topological polar surface area (TPSA) is 20.2 Å². The van der Waals surface area contributed by atoms with Crippen LogP contribution in [0.4, 0.5) is 0 Å². The number of hydrogen-bond donors (Lipinski definition) is 1. The lowest BCUT2D eigenvalue weighted by Crippen LogP contribution is -2.52. The zero-order valence-electron chi connectivity index (χ0n) is 8.01. The van der Waals surface area contributed by atoms with Crippen LogP contribution in [0.5, 0.6) is 0 Å². The molecule has 68 valence electrons. The van der Waals surface area contributed by atoms with Crippen LogP contribution in [0.1, 0.15) is 26.7 Å². The molecule has 3 aliphatic rings. The van der Waals surface area contributed by atoms with Crippen LogP contribution in [0.3, 0.4) is 0 Å². The number of aliphatic hydroxyl groups is 1. The molecule has 3 atom stereocenters. The van der Waals surface area contributed by atoms with Gasteiger partial charge in [-0.3, -0.25) is 0 Å². The van der Waals surface area contributed by atoms with E-state index in [4.69, 9.17) is 5.11 Å². The number of rotatable bonds is 1. The molecule has 3 saturated carbocycles. The summed E-state index contributed by atoms with van der Waals surface area (Å²) < 4.78 is 0. The minimum atomic E-state index is 0.307. The largest absolute Gasteiger partial charge is 0.396 e. The van der Waals surface area contributed by atoms with Crippen molar-refractivity contribution in [3.05, 3.63) is 12.2 Å². The molecule has 0 aromatic heterocycles. The smallest absolute Gasteiger partial charge is 0.0496 e. The van der Waals surface area contributed by atoms with Gasteiger partial charge >= 0.3 is 0 Å². The lowest BCUT2D eigenvalue weighted by molar-refractivity contribution is -0.0546. The molecule has 3 aliphatic carbocycles. The van der Waals surface area contributed by atoms with Crippen LogP contribution in [-0.4, -0.2) is 11.7 Å². The average molecular weight is 166 g/mol. The first-order chi connectivity index (χ1) is 5.57. The molecule has 1 nitrogen and oxygen atoms in total. The Morgan fingerprint density at radius 1 is 1.50 bits per heavy atom. The van der Waals surface area contributed by atoms with E-state index in [1.807, 2.05) is 0 Å². The molecule has 0 saturated heterocycles. The van der Waals surface area contributed by atoms with Gasteiger partial charge in [-0.05, 0) is 30.1 Å². The van der Waals surface area contributed by atoms with Crippen LogP contribution in [0.2, 0.25) is 0 Å². The first kappa shape index (κ1) is 8.31. The summed E-state index contributed by atoms with van der Waals surface area (Å²) in [5.74, 6) is 1.93. The fraction of sp³-hybridized carbons (Fsp3) is 0.818. The highest BCUT2D eigenvalue weighted by Crippen LogP contribution is 2.62. The minimum Gasteiger partial charge on any atom is -0.396 e. The highest BCUT2D eigenvalue weighted by molar-refractivity contribution is 5.22. The molecule has 0 aliphatic heterocycles. The van der Waals surface area contributed by atoms with E-state index >= 15 is 0 Å². The van der Waals surface area contributed by atoms with Gasteiger partial charge in [0.2, 0.25) is 0 Å². The predicted molar refractivity (Wildman–Crippen MR) is 49.7 cm³/mol. The summed E-state index contributed by atoms with van der Waals surface area (Å²) in [4.78, 5) is 0. The number of fused-ring (bicyclic) bond motifs is 2. The predicted octanol–water partition coefficient (Wildman–Crippen LogP) is 2.22. The van der Waals surface area contributed by atoms with Gasteiger partial charge < -0.3 is 5.11 Å². The van der Waals surface area contributed by atoms with Gasteiger partial charge in [0.25, 0.3) is 0 Å². The van der Waals surface area contributed by atoms with Crippen molar-refractivity contribution in [2.24, 2.45) is 23.2 Å². The molecular formula is C11H18O. The minimum absolute atomic E-state index is 0.307. The van der Waals surface area contributed by atoms with E-state index in [0.717, 1.165) is 5.92 Å². The Bertz CT molecular complexity index is 217. The van der Waals surface area contributed by atoms with Gasteiger partial charge in [0.05, 0.1) is 0 Å². The van der Waals surface area contributed by atoms with Crippen LogP contribution in [-0.2, 0) is 0 Å². The summed E-state index contributed by atoms with van der Waals surface area (Å²) in [7, 11) is 0. The van der Waals surface area contributed by atoms with Crippen molar-refractivity contribution >= 4 is 0 Å². The van der Waals surface area contributed by atoms with E-state index in [0.29, 0.717) is 23.9 Å². The molecule has 12 heavy (non-hydrogen) atoms. The Morgan fingerprint density at radius 3 is 2.58 bits per heavy atom. The second kappa shape index (κ2) is 2.35. The second-order valence-electron chi connectivity index (χ2n) is 5.00. The van der Waals surface area contributed by atoms with Crippen molar-refractivity contribution in [3.63, 3.8) is 0 Å². The molecule has 0 radical (unpaired) electrons. The zero-order valence-corrected chi connectivity index (χ0v) is 8.01. The Morgan fingerprint density at radius 2 is 2.17 bits per heavy atom. The second-order valence-corrected chi connectivity index (χ2v) is 5.00. The van der Waals surface area contributed by atoms with E-state index in [2.05, 4.69) is 20.4 Å². The monoisotopic (exact) mass is 166 g/mol. The van der Waals surface area contributed by atoms with Crippen LogP contribution < -0.4 is 0 Å². The Kier molecular flexibility index (Phi) is 1.63. The zero-order chi connectivity index (χ0) is 8.93. The van der Waals surface area contributed by atoms with Gasteiger partial charge in [-0.2, -0.15) is 0 Å².